The number of carbonyl (C=O) groups is 4. The van der Waals surface area contributed by atoms with Crippen LogP contribution in [0.3, 0.4) is 0 Å². The number of hydrogen-bond donors (Lipinski definition) is 5. The van der Waals surface area contributed by atoms with E-state index in [1.165, 1.54) is 30.3 Å². The van der Waals surface area contributed by atoms with Gasteiger partial charge in [0.15, 0.2) is 0 Å². The molecule has 11 heteroatoms. The van der Waals surface area contributed by atoms with Gasteiger partial charge in [0.2, 0.25) is 5.91 Å². The summed E-state index contributed by atoms with van der Waals surface area (Å²) < 4.78 is 0. The SMILES string of the molecule is O=C(CN1C(=O)c2ccccc2C1=O)N[C@@H](Cc1cccc(C(=O)O)c1O)B(O)O. The molecule has 1 heterocycles. The van der Waals surface area contributed by atoms with E-state index in [1.54, 1.807) is 12.1 Å². The van der Waals surface area contributed by atoms with Crippen LogP contribution < -0.4 is 5.32 Å². The van der Waals surface area contributed by atoms with Crippen LogP contribution in [-0.4, -0.2) is 68.5 Å². The third kappa shape index (κ3) is 4.02. The zero-order valence-corrected chi connectivity index (χ0v) is 15.5. The summed E-state index contributed by atoms with van der Waals surface area (Å²) in [5.74, 6) is -5.38. The Morgan fingerprint density at radius 1 is 1.00 bits per heavy atom. The standard InChI is InChI=1S/C19H17BN2O8/c23-15(9-22-17(25)11-5-1-2-6-12(11)18(22)26)21-14(20(29)30)8-10-4-3-7-13(16(10)24)19(27)28/h1-7,14,24,29-30H,8-9H2,(H,21,23)(H,27,28)/t14-/m0/s1. The monoisotopic (exact) mass is 412 g/mol. The van der Waals surface area contributed by atoms with Crippen LogP contribution in [-0.2, 0) is 11.2 Å². The molecule has 0 fully saturated rings. The molecule has 1 aliphatic heterocycles. The van der Waals surface area contributed by atoms with Crippen molar-refractivity contribution in [1.82, 2.24) is 10.2 Å². The number of benzene rings is 2. The second-order valence-corrected chi connectivity index (χ2v) is 6.65. The van der Waals surface area contributed by atoms with Gasteiger partial charge in [-0.05, 0) is 30.2 Å². The van der Waals surface area contributed by atoms with Gasteiger partial charge >= 0.3 is 13.1 Å². The molecule has 5 N–H and O–H groups in total. The quantitative estimate of drug-likeness (QED) is 0.298. The first kappa shape index (κ1) is 21.0. The number of hydrogen-bond acceptors (Lipinski definition) is 7. The predicted molar refractivity (Wildman–Crippen MR) is 103 cm³/mol. The summed E-state index contributed by atoms with van der Waals surface area (Å²) in [7, 11) is -2.05. The molecule has 3 amide bonds. The number of fused-ring (bicyclic) bond motifs is 1. The molecule has 0 aliphatic carbocycles. The van der Waals surface area contributed by atoms with Crippen molar-refractivity contribution in [3.05, 3.63) is 64.7 Å². The highest BCUT2D eigenvalue weighted by Gasteiger charge is 2.37. The summed E-state index contributed by atoms with van der Waals surface area (Å²) in [6.45, 7) is -0.642. The van der Waals surface area contributed by atoms with Gasteiger partial charge in [-0.2, -0.15) is 0 Å². The number of carboxylic acid groups (broad SMARTS) is 1. The van der Waals surface area contributed by atoms with Crippen LogP contribution in [0, 0.1) is 0 Å². The number of para-hydroxylation sites is 1. The van der Waals surface area contributed by atoms with E-state index in [1.807, 2.05) is 0 Å². The summed E-state index contributed by atoms with van der Waals surface area (Å²) in [5, 5.41) is 40.6. The molecule has 2 aromatic carbocycles. The van der Waals surface area contributed by atoms with Gasteiger partial charge < -0.3 is 25.6 Å². The maximum absolute atomic E-state index is 12.4. The number of carbonyl (C=O) groups excluding carboxylic acids is 3. The zero-order chi connectivity index (χ0) is 22.0. The fourth-order valence-electron chi connectivity index (χ4n) is 3.18. The van der Waals surface area contributed by atoms with E-state index < -0.39 is 49.0 Å². The Morgan fingerprint density at radius 2 is 1.60 bits per heavy atom. The number of aromatic carboxylic acids is 1. The molecule has 0 bridgehead atoms. The molecular weight excluding hydrogens is 395 g/mol. The third-order valence-electron chi connectivity index (χ3n) is 4.68. The summed E-state index contributed by atoms with van der Waals surface area (Å²) in [5.41, 5.74) is 0.0268. The molecule has 1 atom stereocenters. The van der Waals surface area contributed by atoms with E-state index in [0.717, 1.165) is 4.90 Å². The Morgan fingerprint density at radius 3 is 2.13 bits per heavy atom. The van der Waals surface area contributed by atoms with E-state index in [9.17, 15) is 34.3 Å². The van der Waals surface area contributed by atoms with Crippen molar-refractivity contribution in [2.75, 3.05) is 6.54 Å². The van der Waals surface area contributed by atoms with E-state index in [2.05, 4.69) is 5.32 Å². The summed E-state index contributed by atoms with van der Waals surface area (Å²) in [6.07, 6.45) is -0.307. The highest BCUT2D eigenvalue weighted by molar-refractivity contribution is 6.43. The van der Waals surface area contributed by atoms with Crippen LogP contribution in [0.5, 0.6) is 5.75 Å². The van der Waals surface area contributed by atoms with Gasteiger partial charge in [-0.25, -0.2) is 4.79 Å². The maximum atomic E-state index is 12.4. The summed E-state index contributed by atoms with van der Waals surface area (Å²) >= 11 is 0. The highest BCUT2D eigenvalue weighted by atomic mass is 16.4. The smallest absolute Gasteiger partial charge is 0.475 e. The van der Waals surface area contributed by atoms with Crippen LogP contribution in [0.15, 0.2) is 42.5 Å². The van der Waals surface area contributed by atoms with Crippen LogP contribution in [0.4, 0.5) is 0 Å². The summed E-state index contributed by atoms with van der Waals surface area (Å²) in [6, 6.07) is 10.0. The number of nitrogens with one attached hydrogen (secondary N) is 1. The minimum absolute atomic E-state index is 0.0639. The number of aromatic hydroxyl groups is 1. The Kier molecular flexibility index (Phi) is 5.85. The fourth-order valence-corrected chi connectivity index (χ4v) is 3.18. The minimum atomic E-state index is -2.05. The number of nitrogens with zero attached hydrogens (tertiary/aromatic N) is 1. The van der Waals surface area contributed by atoms with Gasteiger partial charge in [0.05, 0.1) is 17.1 Å². The molecule has 0 radical (unpaired) electrons. The van der Waals surface area contributed by atoms with Crippen LogP contribution in [0.2, 0.25) is 0 Å². The first-order chi connectivity index (χ1) is 14.2. The van der Waals surface area contributed by atoms with Gasteiger partial charge in [0, 0.05) is 0 Å². The number of imide groups is 1. The molecule has 3 rings (SSSR count). The third-order valence-corrected chi connectivity index (χ3v) is 4.68. The topological polar surface area (TPSA) is 164 Å². The second-order valence-electron chi connectivity index (χ2n) is 6.65. The predicted octanol–water partition coefficient (Wildman–Crippen LogP) is -0.574. The number of amides is 3. The summed E-state index contributed by atoms with van der Waals surface area (Å²) in [4.78, 5) is 48.9. The lowest BCUT2D eigenvalue weighted by atomic mass is 9.75. The average molecular weight is 412 g/mol. The molecule has 1 aliphatic rings. The lowest BCUT2D eigenvalue weighted by Gasteiger charge is -2.20. The van der Waals surface area contributed by atoms with Crippen LogP contribution >= 0.6 is 0 Å². The molecule has 10 nitrogen and oxygen atoms in total. The molecule has 0 aromatic heterocycles. The molecule has 0 spiro atoms. The zero-order valence-electron chi connectivity index (χ0n) is 15.5. The Labute approximate surface area is 170 Å². The molecular formula is C19H17BN2O8. The van der Waals surface area contributed by atoms with Crippen molar-refractivity contribution in [2.24, 2.45) is 0 Å². The Hall–Kier alpha value is -3.70. The largest absolute Gasteiger partial charge is 0.507 e. The lowest BCUT2D eigenvalue weighted by Crippen LogP contribution is -2.51. The average Bonchev–Trinajstić information content (AvgIpc) is 2.93. The number of phenols is 1. The van der Waals surface area contributed by atoms with E-state index in [-0.39, 0.29) is 28.7 Å². The van der Waals surface area contributed by atoms with Gasteiger partial charge in [0.25, 0.3) is 11.8 Å². The molecule has 0 unspecified atom stereocenters. The normalized spacial score (nSPS) is 13.7. The molecule has 154 valence electrons. The maximum Gasteiger partial charge on any atom is 0.475 e. The van der Waals surface area contributed by atoms with Crippen molar-refractivity contribution < 1.29 is 39.4 Å². The molecule has 0 saturated carbocycles. The number of rotatable bonds is 7. The first-order valence-corrected chi connectivity index (χ1v) is 8.85. The molecule has 0 saturated heterocycles. The minimum Gasteiger partial charge on any atom is -0.507 e. The highest BCUT2D eigenvalue weighted by Crippen LogP contribution is 2.24. The van der Waals surface area contributed by atoms with E-state index in [4.69, 9.17) is 5.11 Å². The van der Waals surface area contributed by atoms with Crippen molar-refractivity contribution in [1.29, 1.82) is 0 Å². The van der Waals surface area contributed by atoms with Crippen LogP contribution in [0.25, 0.3) is 0 Å². The first-order valence-electron chi connectivity index (χ1n) is 8.85. The Balaban J connectivity index is 1.72. The van der Waals surface area contributed by atoms with Crippen LogP contribution in [0.1, 0.15) is 36.6 Å². The van der Waals surface area contributed by atoms with E-state index in [0.29, 0.717) is 0 Å². The fraction of sp³-hybridized carbons (Fsp3) is 0.158. The van der Waals surface area contributed by atoms with Gasteiger partial charge in [0.1, 0.15) is 17.9 Å². The van der Waals surface area contributed by atoms with Crippen molar-refractivity contribution in [3.63, 3.8) is 0 Å². The number of carboxylic acids is 1. The molecule has 2 aromatic rings. The Bertz CT molecular complexity index is 1000. The van der Waals surface area contributed by atoms with Gasteiger partial charge in [-0.15, -0.1) is 0 Å². The second kappa shape index (κ2) is 8.35. The van der Waals surface area contributed by atoms with Crippen molar-refractivity contribution in [3.8, 4) is 5.75 Å². The van der Waals surface area contributed by atoms with Crippen molar-refractivity contribution in [2.45, 2.75) is 12.4 Å². The van der Waals surface area contributed by atoms with Gasteiger partial charge in [-0.3, -0.25) is 19.3 Å². The van der Waals surface area contributed by atoms with Crippen molar-refractivity contribution >= 4 is 30.8 Å². The van der Waals surface area contributed by atoms with E-state index >= 15 is 0 Å². The van der Waals surface area contributed by atoms with Gasteiger partial charge in [-0.1, -0.05) is 24.3 Å². The lowest BCUT2D eigenvalue weighted by molar-refractivity contribution is -0.121. The molecule has 30 heavy (non-hydrogen) atoms.